The van der Waals surface area contributed by atoms with Crippen LogP contribution in [-0.4, -0.2) is 22.7 Å². The normalized spacial score (nSPS) is 15.5. The quantitative estimate of drug-likeness (QED) is 0.463. The summed E-state index contributed by atoms with van der Waals surface area (Å²) in [5, 5.41) is 2.36. The predicted octanol–water partition coefficient (Wildman–Crippen LogP) is 6.13. The highest BCUT2D eigenvalue weighted by molar-refractivity contribution is 8.18. The number of hydrogen-bond acceptors (Lipinski definition) is 4. The van der Waals surface area contributed by atoms with Crippen LogP contribution >= 0.6 is 23.4 Å². The van der Waals surface area contributed by atoms with Gasteiger partial charge < -0.3 is 4.74 Å². The van der Waals surface area contributed by atoms with Gasteiger partial charge in [0.1, 0.15) is 5.75 Å². The van der Waals surface area contributed by atoms with Gasteiger partial charge in [0, 0.05) is 10.6 Å². The third kappa shape index (κ3) is 4.02. The number of carbonyl (C=O) groups excluding carboxylic acids is 2. The van der Waals surface area contributed by atoms with Gasteiger partial charge in [-0.3, -0.25) is 14.5 Å². The lowest BCUT2D eigenvalue weighted by molar-refractivity contribution is -0.123. The fourth-order valence-corrected chi connectivity index (χ4v) is 4.31. The van der Waals surface area contributed by atoms with E-state index < -0.39 is 0 Å². The summed E-state index contributed by atoms with van der Waals surface area (Å²) in [6.45, 7) is 2.61. The summed E-state index contributed by atoms with van der Waals surface area (Å²) in [6, 6.07) is 19.1. The fourth-order valence-electron chi connectivity index (χ4n) is 3.30. The summed E-state index contributed by atoms with van der Waals surface area (Å²) in [5.41, 5.74) is 1.61. The van der Waals surface area contributed by atoms with E-state index in [1.807, 2.05) is 49.4 Å². The van der Waals surface area contributed by atoms with E-state index in [2.05, 4.69) is 0 Å². The third-order valence-corrected chi connectivity index (χ3v) is 5.78. The Bertz CT molecular complexity index is 1140. The van der Waals surface area contributed by atoms with Gasteiger partial charge in [-0.1, -0.05) is 54.1 Å². The molecule has 0 radical (unpaired) electrons. The molecule has 1 heterocycles. The molecular weight excluding hydrogens is 406 g/mol. The standard InChI is InChI=1S/C23H18ClNO3S/c1-2-28-20-11-10-18(24)12-17(20)13-21-22(26)25(23(27)29-21)14-16-8-5-7-15-6-3-4-9-19(15)16/h3-13H,2,14H2,1H3/b21-13+. The maximum absolute atomic E-state index is 13.0. The summed E-state index contributed by atoms with van der Waals surface area (Å²) in [5.74, 6) is 0.313. The number of thioether (sulfide) groups is 1. The van der Waals surface area contributed by atoms with Crippen LogP contribution in [0, 0.1) is 0 Å². The first kappa shape index (κ1) is 19.6. The van der Waals surface area contributed by atoms with Gasteiger partial charge in [0.25, 0.3) is 11.1 Å². The monoisotopic (exact) mass is 423 g/mol. The van der Waals surface area contributed by atoms with Crippen LogP contribution in [-0.2, 0) is 11.3 Å². The van der Waals surface area contributed by atoms with Crippen LogP contribution in [0.2, 0.25) is 5.02 Å². The molecule has 1 aliphatic heterocycles. The van der Waals surface area contributed by atoms with Gasteiger partial charge in [-0.2, -0.15) is 0 Å². The number of ether oxygens (including phenoxy) is 1. The summed E-state index contributed by atoms with van der Waals surface area (Å²) < 4.78 is 5.61. The number of imide groups is 1. The Kier molecular flexibility index (Phi) is 5.60. The lowest BCUT2D eigenvalue weighted by Crippen LogP contribution is -2.27. The highest BCUT2D eigenvalue weighted by atomic mass is 35.5. The van der Waals surface area contributed by atoms with E-state index in [0.717, 1.165) is 28.1 Å². The van der Waals surface area contributed by atoms with Crippen molar-refractivity contribution >= 4 is 51.4 Å². The van der Waals surface area contributed by atoms with Crippen molar-refractivity contribution in [2.75, 3.05) is 6.61 Å². The highest BCUT2D eigenvalue weighted by Crippen LogP contribution is 2.36. The van der Waals surface area contributed by atoms with Crippen LogP contribution in [0.4, 0.5) is 4.79 Å². The van der Waals surface area contributed by atoms with Gasteiger partial charge in [0.15, 0.2) is 0 Å². The second-order valence-electron chi connectivity index (χ2n) is 6.52. The molecule has 1 saturated heterocycles. The Morgan fingerprint density at radius 1 is 1.07 bits per heavy atom. The molecule has 0 atom stereocenters. The Balaban J connectivity index is 1.64. The summed E-state index contributed by atoms with van der Waals surface area (Å²) in [4.78, 5) is 27.2. The molecule has 0 aliphatic carbocycles. The van der Waals surface area contributed by atoms with E-state index in [0.29, 0.717) is 27.8 Å². The van der Waals surface area contributed by atoms with Crippen LogP contribution in [0.15, 0.2) is 65.6 Å². The van der Waals surface area contributed by atoms with Crippen molar-refractivity contribution in [1.29, 1.82) is 0 Å². The van der Waals surface area contributed by atoms with Gasteiger partial charge in [0.05, 0.1) is 18.1 Å². The van der Waals surface area contributed by atoms with Crippen molar-refractivity contribution in [2.45, 2.75) is 13.5 Å². The zero-order valence-electron chi connectivity index (χ0n) is 15.7. The molecule has 4 rings (SSSR count). The first-order chi connectivity index (χ1) is 14.1. The summed E-state index contributed by atoms with van der Waals surface area (Å²) >= 11 is 7.04. The van der Waals surface area contributed by atoms with E-state index in [9.17, 15) is 9.59 Å². The molecule has 0 N–H and O–H groups in total. The molecule has 6 heteroatoms. The molecule has 1 aliphatic rings. The van der Waals surface area contributed by atoms with Crippen LogP contribution in [0.3, 0.4) is 0 Å². The zero-order chi connectivity index (χ0) is 20.4. The highest BCUT2D eigenvalue weighted by Gasteiger charge is 2.35. The minimum atomic E-state index is -0.310. The Hall–Kier alpha value is -2.76. The molecular formula is C23H18ClNO3S. The number of amides is 2. The number of halogens is 1. The number of fused-ring (bicyclic) bond motifs is 1. The molecule has 0 aromatic heterocycles. The average Bonchev–Trinajstić information content (AvgIpc) is 2.98. The minimum absolute atomic E-state index is 0.233. The molecule has 2 amide bonds. The van der Waals surface area contributed by atoms with Crippen molar-refractivity contribution in [2.24, 2.45) is 0 Å². The van der Waals surface area contributed by atoms with E-state index in [-0.39, 0.29) is 17.7 Å². The molecule has 4 nitrogen and oxygen atoms in total. The van der Waals surface area contributed by atoms with Gasteiger partial charge in [-0.25, -0.2) is 0 Å². The van der Waals surface area contributed by atoms with Crippen LogP contribution in [0.1, 0.15) is 18.1 Å². The molecule has 0 saturated carbocycles. The van der Waals surface area contributed by atoms with Gasteiger partial charge in [0.2, 0.25) is 0 Å². The van der Waals surface area contributed by atoms with E-state index in [1.165, 1.54) is 4.90 Å². The van der Waals surface area contributed by atoms with Crippen LogP contribution < -0.4 is 4.74 Å². The van der Waals surface area contributed by atoms with Crippen LogP contribution in [0.25, 0.3) is 16.8 Å². The van der Waals surface area contributed by atoms with E-state index in [4.69, 9.17) is 16.3 Å². The van der Waals surface area contributed by atoms with Gasteiger partial charge in [-0.15, -0.1) is 0 Å². The Morgan fingerprint density at radius 2 is 1.86 bits per heavy atom. The van der Waals surface area contributed by atoms with Gasteiger partial charge >= 0.3 is 0 Å². The average molecular weight is 424 g/mol. The number of nitrogens with zero attached hydrogens (tertiary/aromatic N) is 1. The lowest BCUT2D eigenvalue weighted by atomic mass is 10.0. The van der Waals surface area contributed by atoms with Crippen molar-refractivity contribution in [3.8, 4) is 5.75 Å². The molecule has 3 aromatic rings. The van der Waals surface area contributed by atoms with Crippen molar-refractivity contribution in [1.82, 2.24) is 4.90 Å². The molecule has 0 unspecified atom stereocenters. The lowest BCUT2D eigenvalue weighted by Gasteiger charge is -2.14. The number of carbonyl (C=O) groups is 2. The van der Waals surface area contributed by atoms with Crippen molar-refractivity contribution < 1.29 is 14.3 Å². The number of rotatable bonds is 5. The smallest absolute Gasteiger partial charge is 0.293 e. The molecule has 0 spiro atoms. The second kappa shape index (κ2) is 8.31. The van der Waals surface area contributed by atoms with Crippen LogP contribution in [0.5, 0.6) is 5.75 Å². The van der Waals surface area contributed by atoms with E-state index in [1.54, 1.807) is 24.3 Å². The maximum Gasteiger partial charge on any atom is 0.293 e. The largest absolute Gasteiger partial charge is 0.493 e. The Labute approximate surface area is 178 Å². The summed E-state index contributed by atoms with van der Waals surface area (Å²) in [6.07, 6.45) is 1.67. The first-order valence-electron chi connectivity index (χ1n) is 9.21. The SMILES string of the molecule is CCOc1ccc(Cl)cc1/C=C1/SC(=O)N(Cc2cccc3ccccc23)C1=O. The Morgan fingerprint density at radius 3 is 2.69 bits per heavy atom. The molecule has 0 bridgehead atoms. The minimum Gasteiger partial charge on any atom is -0.493 e. The van der Waals surface area contributed by atoms with E-state index >= 15 is 0 Å². The predicted molar refractivity (Wildman–Crippen MR) is 118 cm³/mol. The first-order valence-corrected chi connectivity index (χ1v) is 10.4. The second-order valence-corrected chi connectivity index (χ2v) is 7.95. The molecule has 146 valence electrons. The topological polar surface area (TPSA) is 46.6 Å². The maximum atomic E-state index is 13.0. The number of benzene rings is 3. The van der Waals surface area contributed by atoms with Crippen molar-refractivity contribution in [3.63, 3.8) is 0 Å². The fraction of sp³-hybridized carbons (Fsp3) is 0.130. The van der Waals surface area contributed by atoms with Crippen molar-refractivity contribution in [3.05, 3.63) is 81.7 Å². The summed E-state index contributed by atoms with van der Waals surface area (Å²) in [7, 11) is 0. The number of hydrogen-bond donors (Lipinski definition) is 0. The zero-order valence-corrected chi connectivity index (χ0v) is 17.3. The third-order valence-electron chi connectivity index (χ3n) is 4.64. The van der Waals surface area contributed by atoms with Gasteiger partial charge in [-0.05, 0) is 59.3 Å². The molecule has 1 fully saturated rings. The molecule has 3 aromatic carbocycles. The molecule has 29 heavy (non-hydrogen) atoms.